The summed E-state index contributed by atoms with van der Waals surface area (Å²) < 4.78 is 0. The van der Waals surface area contributed by atoms with Crippen LogP contribution < -0.4 is 5.32 Å². The van der Waals surface area contributed by atoms with Crippen molar-refractivity contribution < 1.29 is 9.59 Å². The summed E-state index contributed by atoms with van der Waals surface area (Å²) in [5.41, 5.74) is -0.0221. The maximum atomic E-state index is 11.1. The molecule has 1 aliphatic rings. The molecule has 3 heteroatoms. The number of piperidine rings is 1. The van der Waals surface area contributed by atoms with E-state index >= 15 is 0 Å². The molecule has 12 heavy (non-hydrogen) atoms. The molecule has 68 valence electrons. The van der Waals surface area contributed by atoms with E-state index in [9.17, 15) is 9.59 Å². The van der Waals surface area contributed by atoms with Gasteiger partial charge in [0.15, 0.2) is 0 Å². The third-order valence-corrected chi connectivity index (χ3v) is 2.17. The van der Waals surface area contributed by atoms with Gasteiger partial charge in [-0.2, -0.15) is 0 Å². The monoisotopic (exact) mass is 169 g/mol. The van der Waals surface area contributed by atoms with Gasteiger partial charge in [0.05, 0.1) is 6.42 Å². The quantitative estimate of drug-likeness (QED) is 0.547. The van der Waals surface area contributed by atoms with Crippen molar-refractivity contribution in [1.29, 1.82) is 0 Å². The van der Waals surface area contributed by atoms with E-state index in [-0.39, 0.29) is 29.6 Å². The molecule has 0 spiro atoms. The Morgan fingerprint density at radius 2 is 1.92 bits per heavy atom. The zero-order chi connectivity index (χ0) is 9.35. The highest BCUT2D eigenvalue weighted by molar-refractivity contribution is 6.00. The molecule has 1 atom stereocenters. The standard InChI is InChI=1S/C9H15NO2/c1-9(2,3)7-4-6(11)5-8(12)10-7/h7H,4-5H2,1-3H3,(H,10,12). The lowest BCUT2D eigenvalue weighted by Gasteiger charge is -2.33. The fourth-order valence-electron chi connectivity index (χ4n) is 1.30. The molecule has 0 aromatic carbocycles. The van der Waals surface area contributed by atoms with Gasteiger partial charge < -0.3 is 5.32 Å². The lowest BCUT2D eigenvalue weighted by molar-refractivity contribution is -0.133. The Morgan fingerprint density at radius 3 is 2.33 bits per heavy atom. The Bertz CT molecular complexity index is 199. The van der Waals surface area contributed by atoms with Crippen LogP contribution >= 0.6 is 0 Å². The molecule has 1 amide bonds. The summed E-state index contributed by atoms with van der Waals surface area (Å²) in [5.74, 6) is -0.0788. The van der Waals surface area contributed by atoms with Gasteiger partial charge in [0.25, 0.3) is 0 Å². The molecular weight excluding hydrogens is 154 g/mol. The van der Waals surface area contributed by atoms with E-state index in [1.54, 1.807) is 0 Å². The number of carbonyl (C=O) groups excluding carboxylic acids is 2. The zero-order valence-electron chi connectivity index (χ0n) is 7.81. The SMILES string of the molecule is CC(C)(C)C1CC(=O)CC(=O)N1. The van der Waals surface area contributed by atoms with Crippen molar-refractivity contribution in [3.8, 4) is 0 Å². The molecule has 0 radical (unpaired) electrons. The van der Waals surface area contributed by atoms with Crippen LogP contribution in [0.3, 0.4) is 0 Å². The Labute approximate surface area is 72.5 Å². The zero-order valence-corrected chi connectivity index (χ0v) is 7.81. The van der Waals surface area contributed by atoms with Crippen molar-refractivity contribution in [3.63, 3.8) is 0 Å². The van der Waals surface area contributed by atoms with E-state index in [0.717, 1.165) is 0 Å². The summed E-state index contributed by atoms with van der Waals surface area (Å²) in [7, 11) is 0. The van der Waals surface area contributed by atoms with Gasteiger partial charge in [-0.3, -0.25) is 9.59 Å². The van der Waals surface area contributed by atoms with E-state index in [1.807, 2.05) is 20.8 Å². The Morgan fingerprint density at radius 1 is 1.33 bits per heavy atom. The highest BCUT2D eigenvalue weighted by Crippen LogP contribution is 2.24. The summed E-state index contributed by atoms with van der Waals surface area (Å²) in [6, 6.07) is 0.00579. The van der Waals surface area contributed by atoms with Gasteiger partial charge in [-0.25, -0.2) is 0 Å². The van der Waals surface area contributed by atoms with Crippen LogP contribution in [-0.2, 0) is 9.59 Å². The average Bonchev–Trinajstić information content (AvgIpc) is 1.82. The fourth-order valence-corrected chi connectivity index (χ4v) is 1.30. The molecule has 0 saturated carbocycles. The number of Topliss-reactive ketones (excluding diaryl/α,β-unsaturated/α-hetero) is 1. The van der Waals surface area contributed by atoms with Crippen LogP contribution in [-0.4, -0.2) is 17.7 Å². The Kier molecular flexibility index (Phi) is 2.22. The molecule has 0 aromatic rings. The Balaban J connectivity index is 2.68. The van der Waals surface area contributed by atoms with Crippen LogP contribution in [0.25, 0.3) is 0 Å². The first-order valence-corrected chi connectivity index (χ1v) is 4.20. The summed E-state index contributed by atoms with van der Waals surface area (Å²) in [6.45, 7) is 6.07. The second-order valence-corrected chi connectivity index (χ2v) is 4.41. The second kappa shape index (κ2) is 2.88. The summed E-state index contributed by atoms with van der Waals surface area (Å²) in [5, 5.41) is 2.83. The highest BCUT2D eigenvalue weighted by atomic mass is 16.2. The minimum Gasteiger partial charge on any atom is -0.352 e. The van der Waals surface area contributed by atoms with Gasteiger partial charge in [-0.05, 0) is 5.41 Å². The van der Waals surface area contributed by atoms with Crippen molar-refractivity contribution >= 4 is 11.7 Å². The molecule has 0 bridgehead atoms. The summed E-state index contributed by atoms with van der Waals surface area (Å²) >= 11 is 0. The lowest BCUT2D eigenvalue weighted by atomic mass is 9.81. The normalized spacial score (nSPS) is 25.4. The minimum absolute atomic E-state index is 0.00579. The first kappa shape index (κ1) is 9.23. The van der Waals surface area contributed by atoms with Crippen molar-refractivity contribution in [2.45, 2.75) is 39.7 Å². The molecule has 1 heterocycles. The van der Waals surface area contributed by atoms with Crippen molar-refractivity contribution in [2.75, 3.05) is 0 Å². The van der Waals surface area contributed by atoms with E-state index < -0.39 is 0 Å². The van der Waals surface area contributed by atoms with Gasteiger partial charge in [-0.15, -0.1) is 0 Å². The molecule has 0 aromatic heterocycles. The third-order valence-electron chi connectivity index (χ3n) is 2.17. The predicted octanol–water partition coefficient (Wildman–Crippen LogP) is 0.880. The van der Waals surface area contributed by atoms with Crippen LogP contribution in [0.4, 0.5) is 0 Å². The molecule has 1 aliphatic heterocycles. The van der Waals surface area contributed by atoms with Crippen LogP contribution in [0.15, 0.2) is 0 Å². The lowest BCUT2D eigenvalue weighted by Crippen LogP contribution is -2.49. The molecule has 1 fully saturated rings. The fraction of sp³-hybridized carbons (Fsp3) is 0.778. The number of rotatable bonds is 0. The van der Waals surface area contributed by atoms with Crippen molar-refractivity contribution in [2.24, 2.45) is 5.41 Å². The average molecular weight is 169 g/mol. The van der Waals surface area contributed by atoms with Crippen LogP contribution in [0.2, 0.25) is 0 Å². The van der Waals surface area contributed by atoms with Gasteiger partial charge in [-0.1, -0.05) is 20.8 Å². The Hall–Kier alpha value is -0.860. The summed E-state index contributed by atoms with van der Waals surface area (Å²) in [6.07, 6.45) is 0.543. The number of nitrogens with one attached hydrogen (secondary N) is 1. The number of ketones is 1. The van der Waals surface area contributed by atoms with Crippen LogP contribution in [0.5, 0.6) is 0 Å². The topological polar surface area (TPSA) is 46.2 Å². The maximum Gasteiger partial charge on any atom is 0.227 e. The largest absolute Gasteiger partial charge is 0.352 e. The molecule has 0 aliphatic carbocycles. The first-order valence-electron chi connectivity index (χ1n) is 4.20. The van der Waals surface area contributed by atoms with E-state index in [2.05, 4.69) is 5.32 Å². The molecular formula is C9H15NO2. The smallest absolute Gasteiger partial charge is 0.227 e. The van der Waals surface area contributed by atoms with Gasteiger partial charge in [0.2, 0.25) is 5.91 Å². The van der Waals surface area contributed by atoms with E-state index in [1.165, 1.54) is 0 Å². The molecule has 1 unspecified atom stereocenters. The molecule has 1 saturated heterocycles. The van der Waals surface area contributed by atoms with Gasteiger partial charge in [0, 0.05) is 12.5 Å². The molecule has 1 N–H and O–H groups in total. The third kappa shape index (κ3) is 2.06. The van der Waals surface area contributed by atoms with Crippen molar-refractivity contribution in [3.05, 3.63) is 0 Å². The second-order valence-electron chi connectivity index (χ2n) is 4.41. The molecule has 1 rings (SSSR count). The summed E-state index contributed by atoms with van der Waals surface area (Å²) in [4.78, 5) is 22.1. The molecule has 3 nitrogen and oxygen atoms in total. The maximum absolute atomic E-state index is 11.1. The highest BCUT2D eigenvalue weighted by Gasteiger charge is 2.32. The minimum atomic E-state index is -0.133. The van der Waals surface area contributed by atoms with Gasteiger partial charge >= 0.3 is 0 Å². The predicted molar refractivity (Wildman–Crippen MR) is 45.6 cm³/mol. The van der Waals surface area contributed by atoms with Gasteiger partial charge in [0.1, 0.15) is 5.78 Å². The van der Waals surface area contributed by atoms with Crippen LogP contribution in [0, 0.1) is 5.41 Å². The number of amides is 1. The van der Waals surface area contributed by atoms with E-state index in [0.29, 0.717) is 6.42 Å². The van der Waals surface area contributed by atoms with Crippen LogP contribution in [0.1, 0.15) is 33.6 Å². The number of carbonyl (C=O) groups is 2. The first-order chi connectivity index (χ1) is 5.39. The van der Waals surface area contributed by atoms with E-state index in [4.69, 9.17) is 0 Å². The van der Waals surface area contributed by atoms with Crippen molar-refractivity contribution in [1.82, 2.24) is 5.32 Å². The number of hydrogen-bond acceptors (Lipinski definition) is 2. The number of hydrogen-bond donors (Lipinski definition) is 1.